The fourth-order valence-corrected chi connectivity index (χ4v) is 2.79. The van der Waals surface area contributed by atoms with Gasteiger partial charge in [0, 0.05) is 11.9 Å². The fourth-order valence-electron chi connectivity index (χ4n) is 2.09. The van der Waals surface area contributed by atoms with Gasteiger partial charge < -0.3 is 10.6 Å². The number of amides is 2. The van der Waals surface area contributed by atoms with Gasteiger partial charge in [-0.05, 0) is 44.4 Å². The van der Waals surface area contributed by atoms with E-state index in [1.807, 2.05) is 25.3 Å². The molecule has 0 aliphatic heterocycles. The first-order valence-corrected chi connectivity index (χ1v) is 8.13. The van der Waals surface area contributed by atoms with E-state index in [0.29, 0.717) is 6.54 Å². The molecule has 0 aliphatic rings. The molecule has 22 heavy (non-hydrogen) atoms. The molecule has 2 N–H and O–H groups in total. The summed E-state index contributed by atoms with van der Waals surface area (Å²) < 4.78 is 13.0. The number of aryl methyl sites for hydroxylation is 2. The third kappa shape index (κ3) is 5.11. The van der Waals surface area contributed by atoms with E-state index in [9.17, 15) is 9.18 Å². The molecule has 1 heterocycles. The van der Waals surface area contributed by atoms with E-state index in [-0.39, 0.29) is 17.9 Å². The number of nitrogens with one attached hydrogen (secondary N) is 2. The Morgan fingerprint density at radius 1 is 1.45 bits per heavy atom. The Balaban J connectivity index is 1.67. The van der Waals surface area contributed by atoms with Crippen LogP contribution in [0.5, 0.6) is 0 Å². The molecule has 0 aliphatic carbocycles. The van der Waals surface area contributed by atoms with Gasteiger partial charge in [-0.2, -0.15) is 0 Å². The minimum absolute atomic E-state index is 0.117. The SMILES string of the molecule is Cc1nc([C@H](C)NC(=O)NCCCc2cccc(F)c2)cs1. The van der Waals surface area contributed by atoms with Crippen molar-refractivity contribution in [3.63, 3.8) is 0 Å². The second kappa shape index (κ2) is 7.89. The summed E-state index contributed by atoms with van der Waals surface area (Å²) in [5.74, 6) is -0.226. The van der Waals surface area contributed by atoms with Crippen LogP contribution in [-0.2, 0) is 6.42 Å². The molecule has 2 rings (SSSR count). The molecular formula is C16H20FN3OS. The number of rotatable bonds is 6. The highest BCUT2D eigenvalue weighted by molar-refractivity contribution is 7.09. The Hall–Kier alpha value is -1.95. The van der Waals surface area contributed by atoms with Gasteiger partial charge in [-0.1, -0.05) is 12.1 Å². The lowest BCUT2D eigenvalue weighted by Gasteiger charge is -2.12. The van der Waals surface area contributed by atoms with Crippen molar-refractivity contribution < 1.29 is 9.18 Å². The molecule has 2 amide bonds. The Kier molecular flexibility index (Phi) is 5.89. The van der Waals surface area contributed by atoms with Crippen LogP contribution in [-0.4, -0.2) is 17.6 Å². The van der Waals surface area contributed by atoms with Crippen molar-refractivity contribution in [2.75, 3.05) is 6.54 Å². The number of hydrogen-bond acceptors (Lipinski definition) is 3. The topological polar surface area (TPSA) is 54.0 Å². The van der Waals surface area contributed by atoms with Crippen molar-refractivity contribution in [2.45, 2.75) is 32.7 Å². The molecule has 0 saturated carbocycles. The van der Waals surface area contributed by atoms with Crippen molar-refractivity contribution in [3.8, 4) is 0 Å². The fraction of sp³-hybridized carbons (Fsp3) is 0.375. The minimum Gasteiger partial charge on any atom is -0.338 e. The Bertz CT molecular complexity index is 629. The van der Waals surface area contributed by atoms with Gasteiger partial charge in [0.2, 0.25) is 0 Å². The first-order chi connectivity index (χ1) is 10.5. The number of carbonyl (C=O) groups excluding carboxylic acids is 1. The molecule has 118 valence electrons. The smallest absolute Gasteiger partial charge is 0.315 e. The van der Waals surface area contributed by atoms with Crippen molar-refractivity contribution in [2.24, 2.45) is 0 Å². The van der Waals surface area contributed by atoms with Crippen molar-refractivity contribution >= 4 is 17.4 Å². The first-order valence-electron chi connectivity index (χ1n) is 7.25. The van der Waals surface area contributed by atoms with Crippen LogP contribution in [0.1, 0.15) is 35.7 Å². The summed E-state index contributed by atoms with van der Waals surface area (Å²) in [7, 11) is 0. The molecule has 0 bridgehead atoms. The number of carbonyl (C=O) groups is 1. The number of hydrogen-bond donors (Lipinski definition) is 2. The Morgan fingerprint density at radius 3 is 2.95 bits per heavy atom. The van der Waals surface area contributed by atoms with Gasteiger partial charge >= 0.3 is 6.03 Å². The number of urea groups is 1. The average molecular weight is 321 g/mol. The highest BCUT2D eigenvalue weighted by atomic mass is 32.1. The molecule has 4 nitrogen and oxygen atoms in total. The van der Waals surface area contributed by atoms with E-state index in [1.54, 1.807) is 17.4 Å². The highest BCUT2D eigenvalue weighted by Gasteiger charge is 2.11. The number of aromatic nitrogens is 1. The second-order valence-corrected chi connectivity index (χ2v) is 6.21. The van der Waals surface area contributed by atoms with Crippen molar-refractivity contribution in [1.82, 2.24) is 15.6 Å². The minimum atomic E-state index is -0.226. The monoisotopic (exact) mass is 321 g/mol. The first kappa shape index (κ1) is 16.4. The van der Waals surface area contributed by atoms with Gasteiger partial charge in [0.25, 0.3) is 0 Å². The molecule has 0 radical (unpaired) electrons. The molecule has 2 aromatic rings. The van der Waals surface area contributed by atoms with Gasteiger partial charge in [0.15, 0.2) is 0 Å². The van der Waals surface area contributed by atoms with Crippen LogP contribution < -0.4 is 10.6 Å². The van der Waals surface area contributed by atoms with E-state index in [4.69, 9.17) is 0 Å². The third-order valence-corrected chi connectivity index (χ3v) is 4.04. The second-order valence-electron chi connectivity index (χ2n) is 5.15. The van der Waals surface area contributed by atoms with Gasteiger partial charge in [0.1, 0.15) is 5.82 Å². The van der Waals surface area contributed by atoms with E-state index in [1.165, 1.54) is 12.1 Å². The maximum absolute atomic E-state index is 13.0. The van der Waals surface area contributed by atoms with Gasteiger partial charge in [0.05, 0.1) is 16.7 Å². The van der Waals surface area contributed by atoms with Crippen LogP contribution in [0.2, 0.25) is 0 Å². The van der Waals surface area contributed by atoms with E-state index in [0.717, 1.165) is 29.1 Å². The summed E-state index contributed by atoms with van der Waals surface area (Å²) in [4.78, 5) is 16.1. The molecule has 6 heteroatoms. The molecule has 1 aromatic carbocycles. The van der Waals surface area contributed by atoms with Gasteiger partial charge in [-0.15, -0.1) is 11.3 Å². The zero-order chi connectivity index (χ0) is 15.9. The van der Waals surface area contributed by atoms with Crippen LogP contribution in [0.4, 0.5) is 9.18 Å². The predicted octanol–water partition coefficient (Wildman–Crippen LogP) is 3.58. The quantitative estimate of drug-likeness (QED) is 0.799. The maximum atomic E-state index is 13.0. The lowest BCUT2D eigenvalue weighted by Crippen LogP contribution is -2.37. The Morgan fingerprint density at radius 2 is 2.27 bits per heavy atom. The predicted molar refractivity (Wildman–Crippen MR) is 86.5 cm³/mol. The molecular weight excluding hydrogens is 301 g/mol. The standard InChI is InChI=1S/C16H20FN3OS/c1-11(15-10-22-12(2)20-15)19-16(21)18-8-4-6-13-5-3-7-14(17)9-13/h3,5,7,9-11H,4,6,8H2,1-2H3,(H2,18,19,21)/t11-/m0/s1. The molecule has 1 atom stereocenters. The molecule has 0 spiro atoms. The largest absolute Gasteiger partial charge is 0.338 e. The normalized spacial score (nSPS) is 12.0. The maximum Gasteiger partial charge on any atom is 0.315 e. The zero-order valence-electron chi connectivity index (χ0n) is 12.7. The number of thiazole rings is 1. The lowest BCUT2D eigenvalue weighted by atomic mass is 10.1. The number of benzene rings is 1. The van der Waals surface area contributed by atoms with Crippen LogP contribution in [0.15, 0.2) is 29.6 Å². The summed E-state index contributed by atoms with van der Waals surface area (Å²) in [5, 5.41) is 8.59. The van der Waals surface area contributed by atoms with Gasteiger partial charge in [-0.3, -0.25) is 0 Å². The molecule has 1 aromatic heterocycles. The third-order valence-electron chi connectivity index (χ3n) is 3.24. The summed E-state index contributed by atoms with van der Waals surface area (Å²) >= 11 is 1.57. The van der Waals surface area contributed by atoms with Crippen molar-refractivity contribution in [3.05, 3.63) is 51.7 Å². The van der Waals surface area contributed by atoms with Crippen molar-refractivity contribution in [1.29, 1.82) is 0 Å². The van der Waals surface area contributed by atoms with Crippen LogP contribution in [0.3, 0.4) is 0 Å². The molecule has 0 saturated heterocycles. The lowest BCUT2D eigenvalue weighted by molar-refractivity contribution is 0.237. The zero-order valence-corrected chi connectivity index (χ0v) is 13.5. The van der Waals surface area contributed by atoms with Crippen LogP contribution in [0.25, 0.3) is 0 Å². The summed E-state index contributed by atoms with van der Waals surface area (Å²) in [6.07, 6.45) is 1.50. The van der Waals surface area contributed by atoms with Crippen LogP contribution in [0, 0.1) is 12.7 Å². The Labute approximate surface area is 133 Å². The van der Waals surface area contributed by atoms with Gasteiger partial charge in [-0.25, -0.2) is 14.2 Å². The van der Waals surface area contributed by atoms with Crippen LogP contribution >= 0.6 is 11.3 Å². The van der Waals surface area contributed by atoms with E-state index < -0.39 is 0 Å². The number of nitrogens with zero attached hydrogens (tertiary/aromatic N) is 1. The summed E-state index contributed by atoms with van der Waals surface area (Å²) in [6, 6.07) is 6.20. The highest BCUT2D eigenvalue weighted by Crippen LogP contribution is 2.15. The van der Waals surface area contributed by atoms with E-state index in [2.05, 4.69) is 15.6 Å². The average Bonchev–Trinajstić information content (AvgIpc) is 2.90. The van der Waals surface area contributed by atoms with E-state index >= 15 is 0 Å². The summed E-state index contributed by atoms with van der Waals surface area (Å²) in [6.45, 7) is 4.39. The number of halogens is 1. The summed E-state index contributed by atoms with van der Waals surface area (Å²) in [5.41, 5.74) is 1.81. The molecule has 0 fully saturated rings. The molecule has 0 unspecified atom stereocenters.